The van der Waals surface area contributed by atoms with Crippen LogP contribution in [0, 0.1) is 0 Å². The fourth-order valence-corrected chi connectivity index (χ4v) is 8.29. The summed E-state index contributed by atoms with van der Waals surface area (Å²) in [6, 6.07) is 72.3. The molecule has 8 aromatic carbocycles. The van der Waals surface area contributed by atoms with Crippen LogP contribution in [0.1, 0.15) is 0 Å². The number of hydrogen-bond donors (Lipinski definition) is 0. The average Bonchev–Trinajstić information content (AvgIpc) is 3.57. The van der Waals surface area contributed by atoms with E-state index in [1.807, 2.05) is 11.3 Å². The van der Waals surface area contributed by atoms with E-state index in [2.05, 4.69) is 205 Å². The molecular formula is C48H33NS. The molecule has 0 saturated heterocycles. The number of rotatable bonds is 7. The van der Waals surface area contributed by atoms with Crippen molar-refractivity contribution in [2.75, 3.05) is 4.90 Å². The average molecular weight is 656 g/mol. The third-order valence-corrected chi connectivity index (χ3v) is 10.7. The Morgan fingerprint density at radius 2 is 0.780 bits per heavy atom. The maximum atomic E-state index is 2.42. The van der Waals surface area contributed by atoms with Crippen LogP contribution >= 0.6 is 11.3 Å². The number of nitrogens with zero attached hydrogens (tertiary/aromatic N) is 1. The molecule has 0 aliphatic rings. The summed E-state index contributed by atoms with van der Waals surface area (Å²) in [4.78, 5) is 2.42. The fourth-order valence-electron chi connectivity index (χ4n) is 7.15. The van der Waals surface area contributed by atoms with Gasteiger partial charge in [-0.25, -0.2) is 0 Å². The minimum Gasteiger partial charge on any atom is -0.310 e. The molecule has 50 heavy (non-hydrogen) atoms. The molecule has 0 saturated carbocycles. The number of fused-ring (bicyclic) bond motifs is 3. The Balaban J connectivity index is 1.24. The van der Waals surface area contributed by atoms with E-state index in [1.165, 1.54) is 64.7 Å². The Morgan fingerprint density at radius 3 is 1.50 bits per heavy atom. The monoisotopic (exact) mass is 655 g/mol. The predicted octanol–water partition coefficient (Wildman–Crippen LogP) is 14.2. The van der Waals surface area contributed by atoms with Gasteiger partial charge in [-0.2, -0.15) is 0 Å². The highest BCUT2D eigenvalue weighted by atomic mass is 32.1. The normalized spacial score (nSPS) is 11.2. The molecule has 0 unspecified atom stereocenters. The maximum absolute atomic E-state index is 2.42. The summed E-state index contributed by atoms with van der Waals surface area (Å²) >= 11 is 1.86. The van der Waals surface area contributed by atoms with Gasteiger partial charge in [0.25, 0.3) is 0 Å². The third-order valence-electron chi connectivity index (χ3n) is 9.52. The lowest BCUT2D eigenvalue weighted by Gasteiger charge is -2.29. The molecule has 0 radical (unpaired) electrons. The minimum atomic E-state index is 1.11. The lowest BCUT2D eigenvalue weighted by molar-refractivity contribution is 1.29. The number of hydrogen-bond acceptors (Lipinski definition) is 2. The standard InChI is InChI=1S/C48H33NS/c1-3-15-34(16-4-1)35-27-29-37(30-28-35)49(38-31-32-45-44-24-12-14-26-47(44)50-48(45)33-38)46-25-13-11-23-43(46)42-22-10-9-21-41(42)40-20-8-7-19-39(40)36-17-5-2-6-18-36/h1-33H. The number of para-hydroxylation sites is 1. The summed E-state index contributed by atoms with van der Waals surface area (Å²) in [6.45, 7) is 0. The van der Waals surface area contributed by atoms with Gasteiger partial charge in [0.05, 0.1) is 5.69 Å². The second kappa shape index (κ2) is 13.0. The van der Waals surface area contributed by atoms with Crippen LogP contribution in [0.15, 0.2) is 200 Å². The number of benzene rings is 8. The summed E-state index contributed by atoms with van der Waals surface area (Å²) in [5, 5.41) is 2.61. The molecule has 0 aliphatic heterocycles. The van der Waals surface area contributed by atoms with Gasteiger partial charge in [0.1, 0.15) is 0 Å². The summed E-state index contributed by atoms with van der Waals surface area (Å²) in [5.41, 5.74) is 13.0. The summed E-state index contributed by atoms with van der Waals surface area (Å²) < 4.78 is 2.59. The molecule has 0 spiro atoms. The van der Waals surface area contributed by atoms with E-state index in [-0.39, 0.29) is 0 Å². The molecule has 0 amide bonds. The molecule has 0 N–H and O–H groups in total. The fraction of sp³-hybridized carbons (Fsp3) is 0. The van der Waals surface area contributed by atoms with Crippen molar-refractivity contribution in [2.24, 2.45) is 0 Å². The van der Waals surface area contributed by atoms with E-state index >= 15 is 0 Å². The van der Waals surface area contributed by atoms with Crippen LogP contribution in [0.25, 0.3) is 64.7 Å². The van der Waals surface area contributed by atoms with Gasteiger partial charge in [0, 0.05) is 37.1 Å². The van der Waals surface area contributed by atoms with Crippen molar-refractivity contribution < 1.29 is 0 Å². The van der Waals surface area contributed by atoms with Crippen molar-refractivity contribution >= 4 is 48.6 Å². The Kier molecular flexibility index (Phi) is 7.77. The van der Waals surface area contributed by atoms with Crippen LogP contribution < -0.4 is 4.90 Å². The van der Waals surface area contributed by atoms with Crippen LogP contribution in [-0.2, 0) is 0 Å². The molecule has 0 aliphatic carbocycles. The highest BCUT2D eigenvalue weighted by Crippen LogP contribution is 2.46. The van der Waals surface area contributed by atoms with Gasteiger partial charge in [-0.1, -0.05) is 164 Å². The van der Waals surface area contributed by atoms with E-state index in [0.29, 0.717) is 0 Å². The molecule has 9 aromatic rings. The topological polar surface area (TPSA) is 3.24 Å². The Labute approximate surface area is 297 Å². The Hall–Kier alpha value is -6.22. The van der Waals surface area contributed by atoms with E-state index in [0.717, 1.165) is 17.1 Å². The van der Waals surface area contributed by atoms with Gasteiger partial charge in [-0.15, -0.1) is 11.3 Å². The second-order valence-corrected chi connectivity index (χ2v) is 13.6. The second-order valence-electron chi connectivity index (χ2n) is 12.5. The zero-order chi connectivity index (χ0) is 33.3. The van der Waals surface area contributed by atoms with Crippen LogP contribution in [0.2, 0.25) is 0 Å². The SMILES string of the molecule is c1ccc(-c2ccc(N(c3ccc4c(c3)sc3ccccc34)c3ccccc3-c3ccccc3-c3ccccc3-c3ccccc3)cc2)cc1. The summed E-state index contributed by atoms with van der Waals surface area (Å²) in [5.74, 6) is 0. The molecule has 2 heteroatoms. The van der Waals surface area contributed by atoms with Gasteiger partial charge in [-0.3, -0.25) is 0 Å². The van der Waals surface area contributed by atoms with E-state index < -0.39 is 0 Å². The van der Waals surface area contributed by atoms with E-state index in [9.17, 15) is 0 Å². The van der Waals surface area contributed by atoms with Gasteiger partial charge in [0.15, 0.2) is 0 Å². The molecule has 1 nitrogen and oxygen atoms in total. The number of thiophene rings is 1. The molecule has 1 aromatic heterocycles. The highest BCUT2D eigenvalue weighted by molar-refractivity contribution is 7.25. The maximum Gasteiger partial charge on any atom is 0.0540 e. The third kappa shape index (κ3) is 5.46. The predicted molar refractivity (Wildman–Crippen MR) is 216 cm³/mol. The van der Waals surface area contributed by atoms with Gasteiger partial charge in [0.2, 0.25) is 0 Å². The molecular weight excluding hydrogens is 623 g/mol. The first kappa shape index (κ1) is 29.9. The van der Waals surface area contributed by atoms with Crippen LogP contribution in [0.3, 0.4) is 0 Å². The van der Waals surface area contributed by atoms with Gasteiger partial charge < -0.3 is 4.90 Å². The van der Waals surface area contributed by atoms with Crippen molar-refractivity contribution in [3.8, 4) is 44.5 Å². The first-order valence-electron chi connectivity index (χ1n) is 17.0. The largest absolute Gasteiger partial charge is 0.310 e. The van der Waals surface area contributed by atoms with Crippen LogP contribution in [0.4, 0.5) is 17.1 Å². The van der Waals surface area contributed by atoms with Crippen LogP contribution in [-0.4, -0.2) is 0 Å². The lowest BCUT2D eigenvalue weighted by Crippen LogP contribution is -2.11. The zero-order valence-corrected chi connectivity index (χ0v) is 28.2. The molecule has 0 fully saturated rings. The van der Waals surface area contributed by atoms with Crippen molar-refractivity contribution in [2.45, 2.75) is 0 Å². The molecule has 9 rings (SSSR count). The van der Waals surface area contributed by atoms with Gasteiger partial charge >= 0.3 is 0 Å². The molecule has 1 heterocycles. The Bertz CT molecular complexity index is 2580. The molecule has 0 atom stereocenters. The lowest BCUT2D eigenvalue weighted by atomic mass is 9.88. The summed E-state index contributed by atoms with van der Waals surface area (Å²) in [7, 11) is 0. The summed E-state index contributed by atoms with van der Waals surface area (Å²) in [6.07, 6.45) is 0. The van der Waals surface area contributed by atoms with Crippen molar-refractivity contribution in [1.82, 2.24) is 0 Å². The van der Waals surface area contributed by atoms with E-state index in [1.54, 1.807) is 0 Å². The van der Waals surface area contributed by atoms with Crippen molar-refractivity contribution in [3.63, 3.8) is 0 Å². The zero-order valence-electron chi connectivity index (χ0n) is 27.4. The highest BCUT2D eigenvalue weighted by Gasteiger charge is 2.21. The minimum absolute atomic E-state index is 1.11. The smallest absolute Gasteiger partial charge is 0.0540 e. The van der Waals surface area contributed by atoms with Gasteiger partial charge in [-0.05, 0) is 75.3 Å². The first-order chi connectivity index (χ1) is 24.8. The van der Waals surface area contributed by atoms with Crippen molar-refractivity contribution in [1.29, 1.82) is 0 Å². The van der Waals surface area contributed by atoms with Crippen LogP contribution in [0.5, 0.6) is 0 Å². The van der Waals surface area contributed by atoms with Crippen molar-refractivity contribution in [3.05, 3.63) is 200 Å². The first-order valence-corrected chi connectivity index (χ1v) is 17.8. The molecule has 236 valence electrons. The van der Waals surface area contributed by atoms with E-state index in [4.69, 9.17) is 0 Å². The quantitative estimate of drug-likeness (QED) is 0.165. The Morgan fingerprint density at radius 1 is 0.300 bits per heavy atom. The molecule has 0 bridgehead atoms. The number of anilines is 3.